The molecule has 0 saturated heterocycles. The number of fused-ring (bicyclic) bond motifs is 1. The van der Waals surface area contributed by atoms with Gasteiger partial charge in [0, 0.05) is 0 Å². The van der Waals surface area contributed by atoms with E-state index in [0.717, 1.165) is 12.1 Å². The summed E-state index contributed by atoms with van der Waals surface area (Å²) in [5, 5.41) is 13.0. The molecular formula is C27H24F3NO5. The molecule has 3 aromatic rings. The Morgan fingerprint density at radius 3 is 2.36 bits per heavy atom. The number of alkyl halides is 3. The maximum atomic E-state index is 13.5. The Morgan fingerprint density at radius 1 is 1.08 bits per heavy atom. The van der Waals surface area contributed by atoms with E-state index in [1.54, 1.807) is 37.3 Å². The second kappa shape index (κ2) is 9.85. The van der Waals surface area contributed by atoms with Gasteiger partial charge in [-0.15, -0.1) is 0 Å². The number of hydrogen-bond acceptors (Lipinski definition) is 5. The van der Waals surface area contributed by atoms with Crippen LogP contribution in [0.3, 0.4) is 0 Å². The lowest BCUT2D eigenvalue weighted by Crippen LogP contribution is -2.22. The van der Waals surface area contributed by atoms with E-state index in [-0.39, 0.29) is 36.1 Å². The number of aromatic hydroxyl groups is 1. The molecule has 1 aliphatic rings. The molecule has 2 N–H and O–H groups in total. The Labute approximate surface area is 205 Å². The third kappa shape index (κ3) is 4.95. The zero-order valence-electron chi connectivity index (χ0n) is 19.8. The van der Waals surface area contributed by atoms with Crippen molar-refractivity contribution in [2.45, 2.75) is 26.1 Å². The average Bonchev–Trinajstić information content (AvgIpc) is 3.45. The van der Waals surface area contributed by atoms with Crippen molar-refractivity contribution in [2.24, 2.45) is 0 Å². The number of rotatable bonds is 7. The highest BCUT2D eigenvalue weighted by Gasteiger charge is 2.34. The number of hydrogen-bond donors (Lipinski definition) is 2. The van der Waals surface area contributed by atoms with Gasteiger partial charge in [-0.05, 0) is 82.8 Å². The largest absolute Gasteiger partial charge is 0.502 e. The van der Waals surface area contributed by atoms with Gasteiger partial charge in [0.25, 0.3) is 0 Å². The number of allylic oxidation sites excluding steroid dienone is 2. The van der Waals surface area contributed by atoms with Gasteiger partial charge >= 0.3 is 6.18 Å². The molecule has 2 aromatic carbocycles. The average molecular weight is 499 g/mol. The fourth-order valence-electron chi connectivity index (χ4n) is 4.17. The molecular weight excluding hydrogens is 475 g/mol. The van der Waals surface area contributed by atoms with Gasteiger partial charge in [-0.25, -0.2) is 0 Å². The van der Waals surface area contributed by atoms with E-state index in [2.05, 4.69) is 5.32 Å². The molecule has 0 atom stereocenters. The molecule has 1 amide bonds. The SMILES string of the molecule is COc1cc(C=C2C(C)=C(CC(=O)NCc3ccco3)c3cc(C(F)(F)F)ccc32)cc(OC)c1O. The van der Waals surface area contributed by atoms with Crippen LogP contribution >= 0.6 is 0 Å². The van der Waals surface area contributed by atoms with Crippen molar-refractivity contribution in [1.29, 1.82) is 0 Å². The Morgan fingerprint density at radius 2 is 1.78 bits per heavy atom. The fourth-order valence-corrected chi connectivity index (χ4v) is 4.17. The van der Waals surface area contributed by atoms with Gasteiger partial charge in [-0.1, -0.05) is 6.07 Å². The second-order valence-electron chi connectivity index (χ2n) is 8.23. The second-order valence-corrected chi connectivity index (χ2v) is 8.23. The number of methoxy groups -OCH3 is 2. The first-order chi connectivity index (χ1) is 17.1. The highest BCUT2D eigenvalue weighted by Crippen LogP contribution is 2.46. The van der Waals surface area contributed by atoms with Gasteiger partial charge in [0.15, 0.2) is 11.5 Å². The summed E-state index contributed by atoms with van der Waals surface area (Å²) in [5.41, 5.74) is 2.55. The molecule has 6 nitrogen and oxygen atoms in total. The van der Waals surface area contributed by atoms with E-state index in [1.807, 2.05) is 0 Å². The molecule has 1 aromatic heterocycles. The number of phenols is 1. The van der Waals surface area contributed by atoms with Crippen LogP contribution in [0.15, 0.2) is 58.7 Å². The Balaban J connectivity index is 1.76. The van der Waals surface area contributed by atoms with Crippen LogP contribution in [-0.2, 0) is 17.5 Å². The topological polar surface area (TPSA) is 80.9 Å². The molecule has 0 unspecified atom stereocenters. The first-order valence-electron chi connectivity index (χ1n) is 11.0. The molecule has 0 radical (unpaired) electrons. The molecule has 1 heterocycles. The summed E-state index contributed by atoms with van der Waals surface area (Å²) >= 11 is 0. The number of furan rings is 1. The Bertz CT molecular complexity index is 1330. The zero-order chi connectivity index (χ0) is 26.0. The van der Waals surface area contributed by atoms with E-state index in [1.165, 1.54) is 26.5 Å². The summed E-state index contributed by atoms with van der Waals surface area (Å²) in [6, 6.07) is 10.1. The summed E-state index contributed by atoms with van der Waals surface area (Å²) in [6.45, 7) is 1.94. The number of carbonyl (C=O) groups excluding carboxylic acids is 1. The van der Waals surface area contributed by atoms with E-state index in [0.29, 0.717) is 39.2 Å². The van der Waals surface area contributed by atoms with Crippen LogP contribution in [0.25, 0.3) is 17.2 Å². The number of amides is 1. The molecule has 0 spiro atoms. The number of phenolic OH excluding ortho intramolecular Hbond substituents is 1. The zero-order valence-corrected chi connectivity index (χ0v) is 19.8. The maximum absolute atomic E-state index is 13.5. The quantitative estimate of drug-likeness (QED) is 0.413. The molecule has 188 valence electrons. The lowest BCUT2D eigenvalue weighted by molar-refractivity contribution is -0.137. The Hall–Kier alpha value is -4.14. The molecule has 0 saturated carbocycles. The smallest absolute Gasteiger partial charge is 0.416 e. The number of nitrogens with one attached hydrogen (secondary N) is 1. The van der Waals surface area contributed by atoms with Gasteiger partial charge in [-0.2, -0.15) is 13.2 Å². The minimum absolute atomic E-state index is 0.111. The van der Waals surface area contributed by atoms with E-state index < -0.39 is 11.7 Å². The maximum Gasteiger partial charge on any atom is 0.416 e. The lowest BCUT2D eigenvalue weighted by Gasteiger charge is -2.12. The van der Waals surface area contributed by atoms with Gasteiger partial charge < -0.3 is 24.3 Å². The number of carbonyl (C=O) groups is 1. The number of ether oxygens (including phenoxy) is 2. The van der Waals surface area contributed by atoms with Crippen LogP contribution in [0.1, 0.15) is 41.4 Å². The van der Waals surface area contributed by atoms with E-state index >= 15 is 0 Å². The van der Waals surface area contributed by atoms with E-state index in [4.69, 9.17) is 13.9 Å². The van der Waals surface area contributed by atoms with Crippen molar-refractivity contribution in [3.05, 3.63) is 82.3 Å². The third-order valence-corrected chi connectivity index (χ3v) is 6.01. The first-order valence-corrected chi connectivity index (χ1v) is 11.0. The van der Waals surface area contributed by atoms with Crippen LogP contribution in [0.5, 0.6) is 17.2 Å². The predicted octanol–water partition coefficient (Wildman–Crippen LogP) is 6.06. The van der Waals surface area contributed by atoms with Crippen LogP contribution in [0, 0.1) is 0 Å². The van der Waals surface area contributed by atoms with Crippen LogP contribution < -0.4 is 14.8 Å². The van der Waals surface area contributed by atoms with Crippen molar-refractivity contribution < 1.29 is 37.0 Å². The number of benzene rings is 2. The minimum Gasteiger partial charge on any atom is -0.502 e. The van der Waals surface area contributed by atoms with Gasteiger partial charge in [0.05, 0.1) is 39.0 Å². The monoisotopic (exact) mass is 499 g/mol. The first kappa shape index (κ1) is 25.0. The van der Waals surface area contributed by atoms with Gasteiger partial charge in [0.2, 0.25) is 11.7 Å². The van der Waals surface area contributed by atoms with Gasteiger partial charge in [0.1, 0.15) is 5.76 Å². The van der Waals surface area contributed by atoms with Crippen LogP contribution in [0.2, 0.25) is 0 Å². The molecule has 9 heteroatoms. The third-order valence-electron chi connectivity index (χ3n) is 6.01. The van der Waals surface area contributed by atoms with E-state index in [9.17, 15) is 23.1 Å². The van der Waals surface area contributed by atoms with Crippen LogP contribution in [0.4, 0.5) is 13.2 Å². The summed E-state index contributed by atoms with van der Waals surface area (Å²) in [7, 11) is 2.80. The van der Waals surface area contributed by atoms with Crippen molar-refractivity contribution in [3.63, 3.8) is 0 Å². The molecule has 0 aliphatic heterocycles. The standard InChI is InChI=1S/C27H24F3NO5/c1-15-20(9-16-10-23(34-2)26(33)24(11-16)35-3)19-7-6-17(27(28,29)30)12-22(19)21(15)13-25(32)31-14-18-5-4-8-36-18/h4-12,33H,13-14H2,1-3H3,(H,31,32). The van der Waals surface area contributed by atoms with Crippen LogP contribution in [-0.4, -0.2) is 25.2 Å². The highest BCUT2D eigenvalue weighted by atomic mass is 19.4. The molecule has 4 rings (SSSR count). The summed E-state index contributed by atoms with van der Waals surface area (Å²) in [4.78, 5) is 12.7. The number of halogens is 3. The van der Waals surface area contributed by atoms with Crippen molar-refractivity contribution in [1.82, 2.24) is 5.32 Å². The van der Waals surface area contributed by atoms with Crippen molar-refractivity contribution in [2.75, 3.05) is 14.2 Å². The molecule has 1 aliphatic carbocycles. The highest BCUT2D eigenvalue weighted by molar-refractivity contribution is 6.08. The predicted molar refractivity (Wildman–Crippen MR) is 128 cm³/mol. The molecule has 36 heavy (non-hydrogen) atoms. The van der Waals surface area contributed by atoms with Crippen molar-refractivity contribution in [3.8, 4) is 17.2 Å². The molecule has 0 bridgehead atoms. The molecule has 0 fully saturated rings. The lowest BCUT2D eigenvalue weighted by atomic mass is 9.98. The summed E-state index contributed by atoms with van der Waals surface area (Å²) < 4.78 is 56.1. The fraction of sp³-hybridized carbons (Fsp3) is 0.222. The normalized spacial score (nSPS) is 14.2. The minimum atomic E-state index is -4.53. The summed E-state index contributed by atoms with van der Waals surface area (Å²) in [5.74, 6) is 0.427. The van der Waals surface area contributed by atoms with Gasteiger partial charge in [-0.3, -0.25) is 4.79 Å². The summed E-state index contributed by atoms with van der Waals surface area (Å²) in [6.07, 6.45) is -1.38. The Kier molecular flexibility index (Phi) is 6.83. The van der Waals surface area contributed by atoms with Crippen molar-refractivity contribution >= 4 is 23.1 Å².